The first-order valence-corrected chi connectivity index (χ1v) is 15.2. The summed E-state index contributed by atoms with van der Waals surface area (Å²) >= 11 is 0. The molecule has 0 unspecified atom stereocenters. The van der Waals surface area contributed by atoms with Gasteiger partial charge in [-0.1, -0.05) is 42.5 Å². The zero-order chi connectivity index (χ0) is 31.5. The van der Waals surface area contributed by atoms with Crippen LogP contribution < -0.4 is 11.1 Å². The number of likely N-dealkylation sites (tertiary alicyclic amines) is 1. The van der Waals surface area contributed by atoms with Gasteiger partial charge in [-0.15, -0.1) is 0 Å². The average Bonchev–Trinajstić information content (AvgIpc) is 3.48. The topological polar surface area (TPSA) is 139 Å². The molecule has 226 valence electrons. The Morgan fingerprint density at radius 2 is 1.72 bits per heavy atom. The van der Waals surface area contributed by atoms with Gasteiger partial charge >= 0.3 is 0 Å². The number of nitrogens with two attached hydrogens (primary N) is 1. The van der Waals surface area contributed by atoms with Crippen LogP contribution in [0.2, 0.25) is 0 Å². The number of nitrogen functional groups attached to an aromatic ring is 1. The second kappa shape index (κ2) is 12.6. The highest BCUT2D eigenvalue weighted by atomic mass is 16.1. The van der Waals surface area contributed by atoms with Gasteiger partial charge in [0, 0.05) is 54.9 Å². The van der Waals surface area contributed by atoms with Gasteiger partial charge in [-0.25, -0.2) is 19.9 Å². The largest absolute Gasteiger partial charge is 0.383 e. The third-order valence-electron chi connectivity index (χ3n) is 8.31. The number of anilines is 1. The molecule has 10 heteroatoms. The van der Waals surface area contributed by atoms with Crippen molar-refractivity contribution < 1.29 is 4.79 Å². The van der Waals surface area contributed by atoms with Crippen molar-refractivity contribution in [3.8, 4) is 34.4 Å². The second-order valence-corrected chi connectivity index (χ2v) is 11.3. The van der Waals surface area contributed by atoms with Crippen molar-refractivity contribution in [3.63, 3.8) is 0 Å². The number of rotatable bonds is 7. The molecule has 1 saturated heterocycles. The summed E-state index contributed by atoms with van der Waals surface area (Å²) in [7, 11) is 0. The maximum atomic E-state index is 12.7. The normalized spacial score (nSPS) is 13.8. The van der Waals surface area contributed by atoms with Crippen LogP contribution in [0, 0.1) is 11.3 Å². The number of carbonyl (C=O) groups excluding carboxylic acids is 1. The van der Waals surface area contributed by atoms with E-state index in [1.54, 1.807) is 12.3 Å². The molecule has 7 rings (SSSR count). The van der Waals surface area contributed by atoms with E-state index < -0.39 is 0 Å². The predicted octanol–water partition coefficient (Wildman–Crippen LogP) is 5.39. The number of pyridine rings is 3. The molecule has 0 spiro atoms. The van der Waals surface area contributed by atoms with Crippen molar-refractivity contribution in [1.82, 2.24) is 34.7 Å². The number of hydrogen-bond donors (Lipinski definition) is 2. The van der Waals surface area contributed by atoms with Crippen LogP contribution in [0.25, 0.3) is 39.5 Å². The molecule has 2 aromatic carbocycles. The monoisotopic (exact) mass is 605 g/mol. The molecule has 1 fully saturated rings. The van der Waals surface area contributed by atoms with Gasteiger partial charge in [-0.3, -0.25) is 14.3 Å². The van der Waals surface area contributed by atoms with Gasteiger partial charge in [0.1, 0.15) is 23.1 Å². The van der Waals surface area contributed by atoms with E-state index in [0.29, 0.717) is 17.2 Å². The number of hydrogen-bond acceptors (Lipinski definition) is 8. The lowest BCUT2D eigenvalue weighted by Crippen LogP contribution is -2.44. The van der Waals surface area contributed by atoms with Crippen molar-refractivity contribution in [2.24, 2.45) is 0 Å². The minimum atomic E-state index is -0.169. The van der Waals surface area contributed by atoms with E-state index in [0.717, 1.165) is 66.1 Å². The van der Waals surface area contributed by atoms with Crippen LogP contribution in [0.4, 0.5) is 5.82 Å². The maximum Gasteiger partial charge on any atom is 0.251 e. The van der Waals surface area contributed by atoms with Gasteiger partial charge in [0.25, 0.3) is 5.91 Å². The number of fused-ring (bicyclic) bond motifs is 1. The Kier molecular flexibility index (Phi) is 7.89. The molecule has 0 saturated carbocycles. The molecule has 1 aliphatic rings. The smallest absolute Gasteiger partial charge is 0.251 e. The first-order chi connectivity index (χ1) is 22.6. The highest BCUT2D eigenvalue weighted by molar-refractivity contribution is 5.94. The van der Waals surface area contributed by atoms with Crippen LogP contribution in [-0.2, 0) is 6.54 Å². The SMILES string of the molecule is N#Cc1cc(C(=O)NC2CCN(Cc3ccc(-n4c(-c5cccnc5N)nc5ccc(-c6ccccc6)nc54)cc3)CC2)ccn1. The molecule has 0 radical (unpaired) electrons. The molecule has 1 amide bonds. The molecule has 4 aromatic heterocycles. The van der Waals surface area contributed by atoms with E-state index in [9.17, 15) is 4.79 Å². The van der Waals surface area contributed by atoms with Crippen LogP contribution in [0.1, 0.15) is 34.5 Å². The number of nitriles is 1. The first kappa shape index (κ1) is 28.8. The van der Waals surface area contributed by atoms with E-state index >= 15 is 0 Å². The third kappa shape index (κ3) is 5.92. The zero-order valence-electron chi connectivity index (χ0n) is 25.0. The lowest BCUT2D eigenvalue weighted by atomic mass is 10.0. The molecule has 1 aliphatic heterocycles. The highest BCUT2D eigenvalue weighted by Gasteiger charge is 2.22. The molecule has 0 aliphatic carbocycles. The molecular formula is C36H31N9O. The summed E-state index contributed by atoms with van der Waals surface area (Å²) in [5.74, 6) is 0.926. The lowest BCUT2D eigenvalue weighted by Gasteiger charge is -2.32. The number of nitrogens with one attached hydrogen (secondary N) is 1. The van der Waals surface area contributed by atoms with Crippen LogP contribution in [-0.4, -0.2) is 54.4 Å². The van der Waals surface area contributed by atoms with Crippen molar-refractivity contribution in [3.05, 3.63) is 120 Å². The van der Waals surface area contributed by atoms with Gasteiger partial charge in [0.05, 0.1) is 11.3 Å². The fourth-order valence-corrected chi connectivity index (χ4v) is 5.90. The number of benzene rings is 2. The van der Waals surface area contributed by atoms with E-state index in [1.807, 2.05) is 60.7 Å². The Labute approximate surface area is 266 Å². The molecule has 3 N–H and O–H groups in total. The zero-order valence-corrected chi connectivity index (χ0v) is 25.0. The predicted molar refractivity (Wildman–Crippen MR) is 177 cm³/mol. The van der Waals surface area contributed by atoms with Gasteiger partial charge in [-0.2, -0.15) is 5.26 Å². The van der Waals surface area contributed by atoms with Gasteiger partial charge < -0.3 is 11.1 Å². The summed E-state index contributed by atoms with van der Waals surface area (Å²) in [6.07, 6.45) is 4.87. The van der Waals surface area contributed by atoms with E-state index in [-0.39, 0.29) is 17.6 Å². The third-order valence-corrected chi connectivity index (χ3v) is 8.31. The quantitative estimate of drug-likeness (QED) is 0.247. The number of piperidine rings is 1. The van der Waals surface area contributed by atoms with Crippen LogP contribution in [0.3, 0.4) is 0 Å². The Hall–Kier alpha value is -5.92. The number of nitrogens with zero attached hydrogens (tertiary/aromatic N) is 7. The molecule has 5 heterocycles. The molecule has 46 heavy (non-hydrogen) atoms. The average molecular weight is 606 g/mol. The number of carbonyl (C=O) groups is 1. The molecule has 0 bridgehead atoms. The number of aromatic nitrogens is 5. The van der Waals surface area contributed by atoms with Crippen LogP contribution in [0.5, 0.6) is 0 Å². The fourth-order valence-electron chi connectivity index (χ4n) is 5.90. The second-order valence-electron chi connectivity index (χ2n) is 11.3. The van der Waals surface area contributed by atoms with Crippen LogP contribution in [0.15, 0.2) is 103 Å². The van der Waals surface area contributed by atoms with E-state index in [4.69, 9.17) is 21.0 Å². The fraction of sp³-hybridized carbons (Fsp3) is 0.167. The minimum absolute atomic E-state index is 0.0889. The number of amides is 1. The maximum absolute atomic E-state index is 12.7. The van der Waals surface area contributed by atoms with Crippen molar-refractivity contribution in [1.29, 1.82) is 5.26 Å². The minimum Gasteiger partial charge on any atom is -0.383 e. The van der Waals surface area contributed by atoms with Crippen LogP contribution >= 0.6 is 0 Å². The Bertz CT molecular complexity index is 2060. The molecule has 6 aromatic rings. The summed E-state index contributed by atoms with van der Waals surface area (Å²) in [6.45, 7) is 2.55. The summed E-state index contributed by atoms with van der Waals surface area (Å²) < 4.78 is 2.05. The lowest BCUT2D eigenvalue weighted by molar-refractivity contribution is 0.0908. The van der Waals surface area contributed by atoms with Crippen molar-refractivity contribution in [2.45, 2.75) is 25.4 Å². The van der Waals surface area contributed by atoms with E-state index in [2.05, 4.69) is 49.0 Å². The summed E-state index contributed by atoms with van der Waals surface area (Å²) in [5.41, 5.74) is 13.3. The van der Waals surface area contributed by atoms with Gasteiger partial charge in [-0.05, 0) is 66.9 Å². The first-order valence-electron chi connectivity index (χ1n) is 15.2. The Morgan fingerprint density at radius 1 is 0.913 bits per heavy atom. The van der Waals surface area contributed by atoms with Gasteiger partial charge in [0.2, 0.25) is 0 Å². The Balaban J connectivity index is 1.09. The summed E-state index contributed by atoms with van der Waals surface area (Å²) in [4.78, 5) is 33.4. The van der Waals surface area contributed by atoms with Crippen molar-refractivity contribution in [2.75, 3.05) is 18.8 Å². The Morgan fingerprint density at radius 3 is 2.48 bits per heavy atom. The van der Waals surface area contributed by atoms with Crippen molar-refractivity contribution >= 4 is 22.9 Å². The number of imidazole rings is 1. The molecule has 10 nitrogen and oxygen atoms in total. The molecular weight excluding hydrogens is 574 g/mol. The summed E-state index contributed by atoms with van der Waals surface area (Å²) in [5, 5.41) is 12.2. The summed E-state index contributed by atoms with van der Waals surface area (Å²) in [6, 6.07) is 31.6. The molecule has 0 atom stereocenters. The standard InChI is InChI=1S/C36H31N9O/c37-22-28-21-26(14-18-39-28)36(46)41-27-15-19-44(20-16-27)23-24-8-10-29(11-9-24)45-34(30-7-4-17-40-33(30)38)43-32-13-12-31(42-35(32)45)25-5-2-1-3-6-25/h1-14,17-18,21,27H,15-16,19-20,23H2,(H2,38,40)(H,41,46). The highest BCUT2D eigenvalue weighted by Crippen LogP contribution is 2.32. The van der Waals surface area contributed by atoms with Gasteiger partial charge in [0.15, 0.2) is 11.5 Å². The van der Waals surface area contributed by atoms with E-state index in [1.165, 1.54) is 17.8 Å².